The molecule has 5 heteroatoms. The molecule has 4 nitrogen and oxygen atoms in total. The number of thiophene rings is 1. The number of carbonyl (C=O) groups is 1. The molecule has 0 atom stereocenters. The second-order valence-corrected chi connectivity index (χ2v) is 9.51. The molecule has 2 aromatic carbocycles. The minimum Gasteiger partial charge on any atom is -0.267 e. The van der Waals surface area contributed by atoms with Crippen molar-refractivity contribution >= 4 is 34.4 Å². The Morgan fingerprint density at radius 1 is 1.06 bits per heavy atom. The Kier molecular flexibility index (Phi) is 5.70. The molecule has 2 aromatic heterocycles. The first-order chi connectivity index (χ1) is 14.8. The van der Waals surface area contributed by atoms with Crippen molar-refractivity contribution in [3.8, 4) is 11.3 Å². The monoisotopic (exact) mass is 427 g/mol. The van der Waals surface area contributed by atoms with Crippen LogP contribution in [0.5, 0.6) is 0 Å². The Labute approximate surface area is 186 Å². The second-order valence-electron chi connectivity index (χ2n) is 8.57. The topological polar surface area (TPSA) is 54.4 Å². The van der Waals surface area contributed by atoms with E-state index < -0.39 is 0 Å². The number of aromatic nitrogens is 1. The van der Waals surface area contributed by atoms with Crippen LogP contribution in [0.3, 0.4) is 0 Å². The third-order valence-corrected chi connectivity index (χ3v) is 6.21. The van der Waals surface area contributed by atoms with Crippen LogP contribution in [-0.2, 0) is 5.41 Å². The van der Waals surface area contributed by atoms with Gasteiger partial charge in [-0.3, -0.25) is 4.79 Å². The van der Waals surface area contributed by atoms with Gasteiger partial charge in [0, 0.05) is 15.8 Å². The standard InChI is InChI=1S/C26H25N3OS/c1-17-13-14-31-24(17)16-27-29-25(30)21-15-23(28-22-8-6-5-7-20(21)22)18-9-11-19(12-10-18)26(2,3)4/h5-16H,1-4H3,(H,29,30)/b27-16+. The van der Waals surface area contributed by atoms with Gasteiger partial charge >= 0.3 is 0 Å². The highest BCUT2D eigenvalue weighted by molar-refractivity contribution is 7.11. The van der Waals surface area contributed by atoms with Crippen molar-refractivity contribution in [3.63, 3.8) is 0 Å². The van der Waals surface area contributed by atoms with Gasteiger partial charge in [-0.05, 0) is 47.0 Å². The van der Waals surface area contributed by atoms with Crippen molar-refractivity contribution < 1.29 is 4.79 Å². The molecule has 4 aromatic rings. The lowest BCUT2D eigenvalue weighted by atomic mass is 9.86. The van der Waals surface area contributed by atoms with Gasteiger partial charge in [-0.1, -0.05) is 63.2 Å². The Bertz CT molecular complexity index is 1260. The molecule has 0 fully saturated rings. The molecule has 4 rings (SSSR count). The van der Waals surface area contributed by atoms with Gasteiger partial charge < -0.3 is 0 Å². The highest BCUT2D eigenvalue weighted by atomic mass is 32.1. The zero-order valence-electron chi connectivity index (χ0n) is 18.1. The molecule has 1 amide bonds. The predicted molar refractivity (Wildman–Crippen MR) is 130 cm³/mol. The van der Waals surface area contributed by atoms with Crippen molar-refractivity contribution in [1.29, 1.82) is 0 Å². The van der Waals surface area contributed by atoms with Gasteiger partial charge in [-0.15, -0.1) is 11.3 Å². The van der Waals surface area contributed by atoms with Gasteiger partial charge in [0.1, 0.15) is 0 Å². The molecular weight excluding hydrogens is 402 g/mol. The van der Waals surface area contributed by atoms with E-state index >= 15 is 0 Å². The molecule has 1 N–H and O–H groups in total. The number of pyridine rings is 1. The average Bonchev–Trinajstić information content (AvgIpc) is 3.17. The van der Waals surface area contributed by atoms with Crippen LogP contribution in [0.2, 0.25) is 0 Å². The maximum absolute atomic E-state index is 13.0. The van der Waals surface area contributed by atoms with Crippen LogP contribution < -0.4 is 5.43 Å². The summed E-state index contributed by atoms with van der Waals surface area (Å²) in [6, 6.07) is 19.9. The Morgan fingerprint density at radius 3 is 2.48 bits per heavy atom. The van der Waals surface area contributed by atoms with Gasteiger partial charge in [0.25, 0.3) is 5.91 Å². The molecule has 0 aliphatic carbocycles. The lowest BCUT2D eigenvalue weighted by Gasteiger charge is -2.19. The van der Waals surface area contributed by atoms with E-state index in [9.17, 15) is 4.79 Å². The summed E-state index contributed by atoms with van der Waals surface area (Å²) in [4.78, 5) is 18.8. The number of carbonyl (C=O) groups excluding carboxylic acids is 1. The summed E-state index contributed by atoms with van der Waals surface area (Å²) in [5, 5.41) is 6.97. The molecule has 2 heterocycles. The van der Waals surface area contributed by atoms with E-state index in [1.165, 1.54) is 5.56 Å². The lowest BCUT2D eigenvalue weighted by molar-refractivity contribution is 0.0956. The SMILES string of the molecule is Cc1ccsc1/C=N/NC(=O)c1cc(-c2ccc(C(C)(C)C)cc2)nc2ccccc12. The number of amides is 1. The van der Waals surface area contributed by atoms with E-state index in [0.29, 0.717) is 5.56 Å². The van der Waals surface area contributed by atoms with E-state index in [0.717, 1.165) is 32.6 Å². The molecule has 0 saturated carbocycles. The summed E-state index contributed by atoms with van der Waals surface area (Å²) in [5.41, 5.74) is 8.23. The molecule has 0 radical (unpaired) electrons. The highest BCUT2D eigenvalue weighted by Gasteiger charge is 2.16. The Morgan fingerprint density at radius 2 is 1.81 bits per heavy atom. The third kappa shape index (κ3) is 4.57. The number of hydrazone groups is 1. The highest BCUT2D eigenvalue weighted by Crippen LogP contribution is 2.28. The van der Waals surface area contributed by atoms with Crippen molar-refractivity contribution in [2.75, 3.05) is 0 Å². The average molecular weight is 428 g/mol. The van der Waals surface area contributed by atoms with Crippen LogP contribution in [0.4, 0.5) is 0 Å². The number of hydrogen-bond acceptors (Lipinski definition) is 4. The smallest absolute Gasteiger partial charge is 0.267 e. The molecule has 31 heavy (non-hydrogen) atoms. The van der Waals surface area contributed by atoms with Crippen molar-refractivity contribution in [2.45, 2.75) is 33.1 Å². The molecule has 0 aliphatic rings. The fourth-order valence-electron chi connectivity index (χ4n) is 3.38. The van der Waals surface area contributed by atoms with Crippen LogP contribution in [0.15, 0.2) is 71.1 Å². The molecule has 0 spiro atoms. The van der Waals surface area contributed by atoms with E-state index in [1.54, 1.807) is 17.6 Å². The first-order valence-corrected chi connectivity index (χ1v) is 11.1. The van der Waals surface area contributed by atoms with Crippen LogP contribution >= 0.6 is 11.3 Å². The number of para-hydroxylation sites is 1. The number of nitrogens with one attached hydrogen (secondary N) is 1. The summed E-state index contributed by atoms with van der Waals surface area (Å²) < 4.78 is 0. The van der Waals surface area contributed by atoms with Crippen LogP contribution in [0.25, 0.3) is 22.2 Å². The summed E-state index contributed by atoms with van der Waals surface area (Å²) in [6.07, 6.45) is 1.69. The van der Waals surface area contributed by atoms with Crippen molar-refractivity contribution in [1.82, 2.24) is 10.4 Å². The van der Waals surface area contributed by atoms with Gasteiger partial charge in [-0.25, -0.2) is 10.4 Å². The van der Waals surface area contributed by atoms with Gasteiger partial charge in [0.2, 0.25) is 0 Å². The normalized spacial score (nSPS) is 11.9. The fraction of sp³-hybridized carbons (Fsp3) is 0.192. The third-order valence-electron chi connectivity index (χ3n) is 5.26. The molecule has 0 bridgehead atoms. The number of fused-ring (bicyclic) bond motifs is 1. The minimum absolute atomic E-state index is 0.0827. The molecule has 156 valence electrons. The lowest BCUT2D eigenvalue weighted by Crippen LogP contribution is -2.18. The molecule has 0 unspecified atom stereocenters. The predicted octanol–water partition coefficient (Wildman–Crippen LogP) is 6.33. The van der Waals surface area contributed by atoms with E-state index in [4.69, 9.17) is 4.98 Å². The summed E-state index contributed by atoms with van der Waals surface area (Å²) in [7, 11) is 0. The maximum atomic E-state index is 13.0. The van der Waals surface area contributed by atoms with Gasteiger partial charge in [0.15, 0.2) is 0 Å². The van der Waals surface area contributed by atoms with E-state index in [1.807, 2.05) is 48.7 Å². The minimum atomic E-state index is -0.253. The Balaban J connectivity index is 1.69. The zero-order chi connectivity index (χ0) is 22.0. The zero-order valence-corrected chi connectivity index (χ0v) is 19.0. The van der Waals surface area contributed by atoms with Crippen LogP contribution in [0.1, 0.15) is 47.1 Å². The Hall–Kier alpha value is -3.31. The summed E-state index contributed by atoms with van der Waals surface area (Å²) >= 11 is 1.59. The summed E-state index contributed by atoms with van der Waals surface area (Å²) in [5.74, 6) is -0.253. The molecular formula is C26H25N3OS. The van der Waals surface area contributed by atoms with Crippen LogP contribution in [0, 0.1) is 6.92 Å². The number of aryl methyl sites for hydroxylation is 1. The quantitative estimate of drug-likeness (QED) is 0.305. The number of hydrogen-bond donors (Lipinski definition) is 1. The van der Waals surface area contributed by atoms with Gasteiger partial charge in [-0.2, -0.15) is 5.10 Å². The fourth-order valence-corrected chi connectivity index (χ4v) is 4.16. The van der Waals surface area contributed by atoms with Gasteiger partial charge in [0.05, 0.1) is 23.0 Å². The number of benzene rings is 2. The first kappa shape index (κ1) is 20.9. The van der Waals surface area contributed by atoms with Crippen LogP contribution in [-0.4, -0.2) is 17.1 Å². The van der Waals surface area contributed by atoms with Crippen molar-refractivity contribution in [3.05, 3.63) is 87.6 Å². The molecule has 0 saturated heterocycles. The van der Waals surface area contributed by atoms with Crippen molar-refractivity contribution in [2.24, 2.45) is 5.10 Å². The summed E-state index contributed by atoms with van der Waals surface area (Å²) in [6.45, 7) is 8.60. The maximum Gasteiger partial charge on any atom is 0.272 e. The van der Waals surface area contributed by atoms with E-state index in [-0.39, 0.29) is 11.3 Å². The number of rotatable bonds is 4. The second kappa shape index (κ2) is 8.44. The largest absolute Gasteiger partial charge is 0.272 e. The molecule has 0 aliphatic heterocycles. The first-order valence-electron chi connectivity index (χ1n) is 10.2. The number of nitrogens with zero attached hydrogens (tertiary/aromatic N) is 2. The van der Waals surface area contributed by atoms with E-state index in [2.05, 4.69) is 55.6 Å².